The number of nitrogens with one attached hydrogen (secondary N) is 1. The summed E-state index contributed by atoms with van der Waals surface area (Å²) >= 11 is 0. The van der Waals surface area contributed by atoms with Crippen LogP contribution in [0.15, 0.2) is 48.8 Å². The second kappa shape index (κ2) is 5.67. The first-order valence-corrected chi connectivity index (χ1v) is 8.07. The van der Waals surface area contributed by atoms with Gasteiger partial charge in [-0.25, -0.2) is 4.52 Å². The van der Waals surface area contributed by atoms with Gasteiger partial charge in [0, 0.05) is 12.3 Å². The first-order valence-electron chi connectivity index (χ1n) is 8.07. The number of carbonyl (C=O) groups is 1. The average Bonchev–Trinajstić information content (AvgIpc) is 3.15. The fraction of sp³-hybridized carbons (Fsp3) is 0.263. The van der Waals surface area contributed by atoms with Crippen LogP contribution in [0.5, 0.6) is 5.75 Å². The number of aromatic nitrogens is 2. The van der Waals surface area contributed by atoms with E-state index in [4.69, 9.17) is 4.74 Å². The SMILES string of the molecule is COc1ccn2ncc(C(=O)NC3c4ccccc4CC3C)c2c1. The summed E-state index contributed by atoms with van der Waals surface area (Å²) < 4.78 is 6.93. The van der Waals surface area contributed by atoms with Crippen LogP contribution in [0.1, 0.15) is 34.5 Å². The Morgan fingerprint density at radius 3 is 3.00 bits per heavy atom. The molecule has 0 fully saturated rings. The number of hydrogen-bond donors (Lipinski definition) is 1. The highest BCUT2D eigenvalue weighted by molar-refractivity contribution is 6.01. The molecule has 122 valence electrons. The van der Waals surface area contributed by atoms with E-state index >= 15 is 0 Å². The molecule has 2 aromatic heterocycles. The molecule has 3 aromatic rings. The second-order valence-electron chi connectivity index (χ2n) is 6.29. The van der Waals surface area contributed by atoms with Gasteiger partial charge in [-0.2, -0.15) is 5.10 Å². The molecular formula is C19H19N3O2. The van der Waals surface area contributed by atoms with Crippen LogP contribution in [0.3, 0.4) is 0 Å². The van der Waals surface area contributed by atoms with Crippen molar-refractivity contribution in [3.63, 3.8) is 0 Å². The third-order valence-corrected chi connectivity index (χ3v) is 4.76. The third kappa shape index (κ3) is 2.33. The zero-order valence-corrected chi connectivity index (χ0v) is 13.7. The Kier molecular flexibility index (Phi) is 3.49. The quantitative estimate of drug-likeness (QED) is 0.807. The van der Waals surface area contributed by atoms with Gasteiger partial charge in [-0.1, -0.05) is 31.2 Å². The molecule has 0 radical (unpaired) electrons. The molecule has 4 rings (SSSR count). The minimum absolute atomic E-state index is 0.0363. The van der Waals surface area contributed by atoms with E-state index in [9.17, 15) is 4.79 Å². The van der Waals surface area contributed by atoms with Crippen LogP contribution in [0.4, 0.5) is 0 Å². The van der Waals surface area contributed by atoms with Crippen molar-refractivity contribution in [1.82, 2.24) is 14.9 Å². The van der Waals surface area contributed by atoms with Crippen LogP contribution in [0.2, 0.25) is 0 Å². The van der Waals surface area contributed by atoms with Crippen LogP contribution < -0.4 is 10.1 Å². The van der Waals surface area contributed by atoms with E-state index in [1.54, 1.807) is 24.0 Å². The van der Waals surface area contributed by atoms with Gasteiger partial charge in [-0.05, 0) is 29.5 Å². The van der Waals surface area contributed by atoms with Gasteiger partial charge in [0.25, 0.3) is 5.91 Å². The Hall–Kier alpha value is -2.82. The van der Waals surface area contributed by atoms with Crippen LogP contribution in [0, 0.1) is 5.92 Å². The van der Waals surface area contributed by atoms with E-state index in [-0.39, 0.29) is 11.9 Å². The Morgan fingerprint density at radius 2 is 2.17 bits per heavy atom. The predicted molar refractivity (Wildman–Crippen MR) is 91.3 cm³/mol. The molecule has 2 heterocycles. The van der Waals surface area contributed by atoms with Crippen molar-refractivity contribution in [2.75, 3.05) is 7.11 Å². The van der Waals surface area contributed by atoms with E-state index in [1.807, 2.05) is 24.3 Å². The summed E-state index contributed by atoms with van der Waals surface area (Å²) in [6, 6.07) is 12.0. The van der Waals surface area contributed by atoms with Gasteiger partial charge in [0.05, 0.1) is 30.4 Å². The molecule has 0 spiro atoms. The summed E-state index contributed by atoms with van der Waals surface area (Å²) in [6.07, 6.45) is 4.39. The molecule has 1 aromatic carbocycles. The minimum Gasteiger partial charge on any atom is -0.497 e. The topological polar surface area (TPSA) is 55.6 Å². The lowest BCUT2D eigenvalue weighted by atomic mass is 10.0. The molecule has 0 saturated heterocycles. The van der Waals surface area contributed by atoms with Gasteiger partial charge in [0.15, 0.2) is 0 Å². The van der Waals surface area contributed by atoms with Gasteiger partial charge in [0.2, 0.25) is 0 Å². The molecule has 1 aliphatic rings. The highest BCUT2D eigenvalue weighted by Gasteiger charge is 2.31. The molecular weight excluding hydrogens is 302 g/mol. The van der Waals surface area contributed by atoms with E-state index in [1.165, 1.54) is 11.1 Å². The highest BCUT2D eigenvalue weighted by atomic mass is 16.5. The number of benzene rings is 1. The lowest BCUT2D eigenvalue weighted by molar-refractivity contribution is 0.0929. The average molecular weight is 321 g/mol. The normalized spacial score (nSPS) is 19.2. The molecule has 5 nitrogen and oxygen atoms in total. The molecule has 0 saturated carbocycles. The largest absolute Gasteiger partial charge is 0.497 e. The molecule has 2 unspecified atom stereocenters. The molecule has 1 aliphatic carbocycles. The number of ether oxygens (including phenoxy) is 1. The molecule has 24 heavy (non-hydrogen) atoms. The standard InChI is InChI=1S/C19H19N3O2/c1-12-9-13-5-3-4-6-15(13)18(12)21-19(23)16-11-20-22-8-7-14(24-2)10-17(16)22/h3-8,10-12,18H,9H2,1-2H3,(H,21,23). The van der Waals surface area contributed by atoms with Crippen molar-refractivity contribution in [1.29, 1.82) is 0 Å². The van der Waals surface area contributed by atoms with E-state index < -0.39 is 0 Å². The summed E-state index contributed by atoms with van der Waals surface area (Å²) in [5.41, 5.74) is 3.83. The summed E-state index contributed by atoms with van der Waals surface area (Å²) in [4.78, 5) is 12.8. The zero-order chi connectivity index (χ0) is 16.7. The zero-order valence-electron chi connectivity index (χ0n) is 13.7. The van der Waals surface area contributed by atoms with Crippen molar-refractivity contribution >= 4 is 11.4 Å². The van der Waals surface area contributed by atoms with Crippen molar-refractivity contribution < 1.29 is 9.53 Å². The Bertz CT molecular complexity index is 916. The van der Waals surface area contributed by atoms with Gasteiger partial charge >= 0.3 is 0 Å². The van der Waals surface area contributed by atoms with Crippen molar-refractivity contribution in [3.05, 3.63) is 65.5 Å². The number of fused-ring (bicyclic) bond motifs is 2. The minimum atomic E-state index is -0.105. The predicted octanol–water partition coefficient (Wildman–Crippen LogP) is 3.01. The van der Waals surface area contributed by atoms with Crippen LogP contribution in [0.25, 0.3) is 5.52 Å². The maximum atomic E-state index is 12.8. The number of amides is 1. The number of pyridine rings is 1. The fourth-order valence-electron chi connectivity index (χ4n) is 3.50. The van der Waals surface area contributed by atoms with Gasteiger partial charge in [-0.3, -0.25) is 4.79 Å². The molecule has 1 amide bonds. The number of hydrogen-bond acceptors (Lipinski definition) is 3. The van der Waals surface area contributed by atoms with Gasteiger partial charge in [0.1, 0.15) is 5.75 Å². The summed E-state index contributed by atoms with van der Waals surface area (Å²) in [5, 5.41) is 7.44. The van der Waals surface area contributed by atoms with Gasteiger partial charge < -0.3 is 10.1 Å². The Labute approximate surface area is 140 Å². The number of carbonyl (C=O) groups excluding carboxylic acids is 1. The van der Waals surface area contributed by atoms with Crippen LogP contribution in [-0.4, -0.2) is 22.6 Å². The smallest absolute Gasteiger partial charge is 0.255 e. The lowest BCUT2D eigenvalue weighted by Gasteiger charge is -2.18. The van der Waals surface area contributed by atoms with E-state index in [0.717, 1.165) is 11.9 Å². The maximum absolute atomic E-state index is 12.8. The molecule has 1 N–H and O–H groups in total. The molecule has 0 bridgehead atoms. The van der Waals surface area contributed by atoms with E-state index in [0.29, 0.717) is 17.2 Å². The van der Waals surface area contributed by atoms with Crippen molar-refractivity contribution in [3.8, 4) is 5.75 Å². The lowest BCUT2D eigenvalue weighted by Crippen LogP contribution is -2.30. The summed E-state index contributed by atoms with van der Waals surface area (Å²) in [5.74, 6) is 0.978. The molecule has 2 atom stereocenters. The van der Waals surface area contributed by atoms with Crippen LogP contribution in [-0.2, 0) is 6.42 Å². The molecule has 0 aliphatic heterocycles. The molecule has 5 heteroatoms. The summed E-state index contributed by atoms with van der Waals surface area (Å²) in [6.45, 7) is 2.17. The highest BCUT2D eigenvalue weighted by Crippen LogP contribution is 2.35. The Morgan fingerprint density at radius 1 is 1.33 bits per heavy atom. The number of rotatable bonds is 3. The maximum Gasteiger partial charge on any atom is 0.255 e. The van der Waals surface area contributed by atoms with Crippen LogP contribution >= 0.6 is 0 Å². The monoisotopic (exact) mass is 321 g/mol. The third-order valence-electron chi connectivity index (χ3n) is 4.76. The van der Waals surface area contributed by atoms with E-state index in [2.05, 4.69) is 29.5 Å². The number of nitrogens with zero attached hydrogens (tertiary/aromatic N) is 2. The first kappa shape index (κ1) is 14.8. The van der Waals surface area contributed by atoms with Gasteiger partial charge in [-0.15, -0.1) is 0 Å². The summed E-state index contributed by atoms with van der Waals surface area (Å²) in [7, 11) is 1.61. The van der Waals surface area contributed by atoms with Crippen molar-refractivity contribution in [2.24, 2.45) is 5.92 Å². The second-order valence-corrected chi connectivity index (χ2v) is 6.29. The van der Waals surface area contributed by atoms with Crippen molar-refractivity contribution in [2.45, 2.75) is 19.4 Å². The first-order chi connectivity index (χ1) is 11.7. The number of methoxy groups -OCH3 is 1. The fourth-order valence-corrected chi connectivity index (χ4v) is 3.50. The Balaban J connectivity index is 1.65.